The molecule has 0 aliphatic carbocycles. The van der Waals surface area contributed by atoms with Crippen LogP contribution in [0, 0.1) is 0 Å². The second-order valence-electron chi connectivity index (χ2n) is 6.43. The zero-order valence-corrected chi connectivity index (χ0v) is 22.7. The maximum Gasteiger partial charge on any atom is 4.00 e. The Morgan fingerprint density at radius 1 is 0.639 bits per heavy atom. The summed E-state index contributed by atoms with van der Waals surface area (Å²) in [6, 6.07) is 0. The predicted molar refractivity (Wildman–Crippen MR) is 110 cm³/mol. The Morgan fingerprint density at radius 2 is 0.778 bits per heavy atom. The van der Waals surface area contributed by atoms with E-state index >= 15 is 0 Å². The maximum atomic E-state index is 9.01. The molecule has 0 saturated carbocycles. The Hall–Kier alpha value is -1.95. The Balaban J connectivity index is -0.0000000887. The van der Waals surface area contributed by atoms with Crippen LogP contribution in [0.15, 0.2) is 12.7 Å². The van der Waals surface area contributed by atoms with Crippen molar-refractivity contribution in [2.45, 2.75) is 65.8 Å². The number of carbonyl (C=O) groups excluding carboxylic acids is 4. The molecule has 0 spiro atoms. The third-order valence-corrected chi connectivity index (χ3v) is 1.97. The first kappa shape index (κ1) is 47.3. The molecule has 0 aromatic rings. The van der Waals surface area contributed by atoms with E-state index in [1.54, 1.807) is 6.08 Å². The molecule has 0 rings (SSSR count). The van der Waals surface area contributed by atoms with Gasteiger partial charge in [-0.25, -0.2) is 0 Å². The van der Waals surface area contributed by atoms with Crippen LogP contribution in [0.3, 0.4) is 0 Å². The van der Waals surface area contributed by atoms with Crippen molar-refractivity contribution in [3.8, 4) is 0 Å². The largest absolute Gasteiger partial charge is 4.00 e. The number of carbonyl (C=O) groups is 4. The minimum absolute atomic E-state index is 0. The van der Waals surface area contributed by atoms with Gasteiger partial charge in [0, 0.05) is 0 Å². The second-order valence-corrected chi connectivity index (χ2v) is 6.43. The number of carboxylic acid groups (broad SMARTS) is 4. The molecule has 0 unspecified atom stereocenters. The average Bonchev–Trinajstić information content (AvgIpc) is 2.73. The van der Waals surface area contributed by atoms with Crippen LogP contribution in [0.1, 0.15) is 41.5 Å². The number of rotatable bonds is 11. The van der Waals surface area contributed by atoms with Gasteiger partial charge in [-0.1, -0.05) is 6.58 Å². The zero-order chi connectivity index (χ0) is 29.2. The van der Waals surface area contributed by atoms with Crippen LogP contribution in [0.2, 0.25) is 0 Å². The third-order valence-electron chi connectivity index (χ3n) is 1.97. The summed E-state index contributed by atoms with van der Waals surface area (Å²) in [5.74, 6) is -6.89. The maximum absolute atomic E-state index is 9.01. The number of aliphatic hydroxyl groups is 4. The van der Waals surface area contributed by atoms with E-state index in [9.17, 15) is 0 Å². The first-order valence-electron chi connectivity index (χ1n) is 9.79. The van der Waals surface area contributed by atoms with Crippen molar-refractivity contribution in [1.82, 2.24) is 0 Å². The average molecular weight is 564 g/mol. The molecule has 15 nitrogen and oxygen atoms in total. The topological polar surface area (TPSA) is 269 Å². The van der Waals surface area contributed by atoms with Crippen molar-refractivity contribution in [2.75, 3.05) is 26.4 Å². The second kappa shape index (κ2) is 31.1. The van der Waals surface area contributed by atoms with Crippen LogP contribution in [0.4, 0.5) is 0 Å². The van der Waals surface area contributed by atoms with Gasteiger partial charge in [-0.3, -0.25) is 0 Å². The van der Waals surface area contributed by atoms with E-state index in [2.05, 4.69) is 6.58 Å². The van der Waals surface area contributed by atoms with Crippen molar-refractivity contribution in [3.63, 3.8) is 0 Å². The molecule has 0 aromatic carbocycles. The molecule has 0 heterocycles. The predicted octanol–water partition coefficient (Wildman–Crippen LogP) is -5.99. The zero-order valence-electron chi connectivity index (χ0n) is 21.1. The van der Waals surface area contributed by atoms with E-state index in [-0.39, 0.29) is 40.0 Å². The van der Waals surface area contributed by atoms with E-state index in [1.807, 2.05) is 41.5 Å². The summed E-state index contributed by atoms with van der Waals surface area (Å²) < 4.78 is 16.9. The summed E-state index contributed by atoms with van der Waals surface area (Å²) in [4.78, 5) is 36.0. The van der Waals surface area contributed by atoms with E-state index in [4.69, 9.17) is 74.2 Å². The number of aliphatic carboxylic acids is 4. The quantitative estimate of drug-likeness (QED) is 0.103. The third kappa shape index (κ3) is 53.4. The van der Waals surface area contributed by atoms with Crippen molar-refractivity contribution >= 4 is 23.9 Å². The smallest absolute Gasteiger partial charge is 0.548 e. The summed E-state index contributed by atoms with van der Waals surface area (Å²) in [5, 5.41) is 66.0. The van der Waals surface area contributed by atoms with Crippen molar-refractivity contribution < 1.29 is 96.0 Å². The molecule has 0 aromatic heterocycles. The Morgan fingerprint density at radius 3 is 0.833 bits per heavy atom. The fourth-order valence-electron chi connectivity index (χ4n) is 1.21. The van der Waals surface area contributed by atoms with Gasteiger partial charge in [-0.2, -0.15) is 0 Å². The van der Waals surface area contributed by atoms with Crippen LogP contribution in [-0.2, 0) is 55.1 Å². The fourth-order valence-corrected chi connectivity index (χ4v) is 1.21. The molecule has 210 valence electrons. The van der Waals surface area contributed by atoms with Crippen molar-refractivity contribution in [2.24, 2.45) is 0 Å². The summed E-state index contributed by atoms with van der Waals surface area (Å²) in [6.45, 7) is 11.8. The van der Waals surface area contributed by atoms with Gasteiger partial charge in [0.2, 0.25) is 0 Å². The van der Waals surface area contributed by atoms with Crippen LogP contribution < -0.4 is 20.4 Å². The molecule has 0 atom stereocenters. The monoisotopic (exact) mass is 564 g/mol. The standard InChI is InChI=1S/C12H24O3.4C2H4O3.Ti/c1-8-12(13-9(2)3,14-10(4)5)15-11(6)7;4*3-1-2(4)5;/h8-11H,1H2,2-7H3;4*3H,1H2,(H,4,5);/q;;;;;+4/p-4. The summed E-state index contributed by atoms with van der Waals surface area (Å²) in [6.07, 6.45) is 1.61. The first-order valence-corrected chi connectivity index (χ1v) is 9.79. The van der Waals surface area contributed by atoms with Crippen LogP contribution in [-0.4, -0.2) is 95.0 Å². The van der Waals surface area contributed by atoms with Crippen LogP contribution in [0.5, 0.6) is 0 Å². The SMILES string of the molecule is C=CC(OC(C)C)(OC(C)C)OC(C)C.O=C([O-])CO.O=C([O-])CO.O=C([O-])CO.O=C([O-])CO.[Ti+4]. The van der Waals surface area contributed by atoms with Crippen molar-refractivity contribution in [3.05, 3.63) is 12.7 Å². The van der Waals surface area contributed by atoms with Gasteiger partial charge < -0.3 is 74.2 Å². The summed E-state index contributed by atoms with van der Waals surface area (Å²) in [7, 11) is 0. The number of aliphatic hydroxyl groups excluding tert-OH is 4. The number of carboxylic acids is 4. The molecule has 0 bridgehead atoms. The molecule has 0 aliphatic heterocycles. The molecule has 0 aliphatic rings. The van der Waals surface area contributed by atoms with Gasteiger partial charge in [-0.15, -0.1) is 0 Å². The van der Waals surface area contributed by atoms with Crippen LogP contribution >= 0.6 is 0 Å². The van der Waals surface area contributed by atoms with Crippen LogP contribution in [0.25, 0.3) is 0 Å². The Labute approximate surface area is 224 Å². The molecule has 0 fully saturated rings. The van der Waals surface area contributed by atoms with E-state index in [0.717, 1.165) is 0 Å². The van der Waals surface area contributed by atoms with Gasteiger partial charge in [0.05, 0.1) is 68.6 Å². The number of hydrogen-bond donors (Lipinski definition) is 4. The Bertz CT molecular complexity index is 483. The van der Waals surface area contributed by atoms with Gasteiger partial charge in [-0.05, 0) is 47.6 Å². The Kier molecular flexibility index (Phi) is 40.8. The van der Waals surface area contributed by atoms with Crippen molar-refractivity contribution in [1.29, 1.82) is 0 Å². The van der Waals surface area contributed by atoms with E-state index < -0.39 is 56.3 Å². The molecule has 4 N–H and O–H groups in total. The van der Waals surface area contributed by atoms with E-state index in [0.29, 0.717) is 0 Å². The number of hydrogen-bond acceptors (Lipinski definition) is 15. The molecular formula is C20H36O15Ti. The molecule has 0 amide bonds. The molecule has 36 heavy (non-hydrogen) atoms. The number of ether oxygens (including phenoxy) is 3. The first-order chi connectivity index (χ1) is 15.9. The van der Waals surface area contributed by atoms with Gasteiger partial charge in [0.25, 0.3) is 0 Å². The fraction of sp³-hybridized carbons (Fsp3) is 0.700. The van der Waals surface area contributed by atoms with E-state index in [1.165, 1.54) is 0 Å². The normalized spacial score (nSPS) is 9.47. The van der Waals surface area contributed by atoms with Gasteiger partial charge in [0.1, 0.15) is 0 Å². The molecular weight excluding hydrogens is 528 g/mol. The van der Waals surface area contributed by atoms with Gasteiger partial charge >= 0.3 is 27.7 Å². The molecule has 16 heteroatoms. The summed E-state index contributed by atoms with van der Waals surface area (Å²) >= 11 is 0. The molecule has 0 radical (unpaired) electrons. The minimum atomic E-state index is -1.44. The molecule has 0 saturated heterocycles. The minimum Gasteiger partial charge on any atom is -0.548 e. The summed E-state index contributed by atoms with van der Waals surface area (Å²) in [5.41, 5.74) is 0. The van der Waals surface area contributed by atoms with Gasteiger partial charge in [0.15, 0.2) is 0 Å².